The summed E-state index contributed by atoms with van der Waals surface area (Å²) in [7, 11) is 0. The summed E-state index contributed by atoms with van der Waals surface area (Å²) in [6.45, 7) is 7.60. The third kappa shape index (κ3) is 7.61. The van der Waals surface area contributed by atoms with E-state index in [0.717, 1.165) is 21.7 Å². The van der Waals surface area contributed by atoms with Crippen molar-refractivity contribution < 1.29 is 29.4 Å². The number of nitrogens with one attached hydrogen (secondary N) is 2. The molecule has 3 rings (SSSR count). The van der Waals surface area contributed by atoms with E-state index < -0.39 is 41.4 Å². The number of carboxylic acid groups (broad SMARTS) is 1. The first-order valence-corrected chi connectivity index (χ1v) is 13.5. The SMILES string of the molecule is Cc1ncsc1-c1ccc(CNC(=O)[C@@H]2C[C@H](O)CN2C(=O)[C@@H](NC(=O)CCCC(=O)O)C(C)(C)C)cc1. The maximum absolute atomic E-state index is 13.5. The number of carbonyl (C=O) groups is 4. The summed E-state index contributed by atoms with van der Waals surface area (Å²) in [4.78, 5) is 56.5. The monoisotopic (exact) mass is 544 g/mol. The summed E-state index contributed by atoms with van der Waals surface area (Å²) in [5.74, 6) is -2.26. The predicted octanol–water partition coefficient (Wildman–Crippen LogP) is 2.48. The number of carboxylic acids is 1. The van der Waals surface area contributed by atoms with Gasteiger partial charge in [-0.2, -0.15) is 0 Å². The third-order valence-electron chi connectivity index (χ3n) is 6.51. The van der Waals surface area contributed by atoms with E-state index in [-0.39, 0.29) is 44.7 Å². The Hall–Kier alpha value is -3.31. The molecule has 1 fully saturated rings. The fraction of sp³-hybridized carbons (Fsp3) is 0.519. The number of benzene rings is 1. The fourth-order valence-electron chi connectivity index (χ4n) is 4.41. The summed E-state index contributed by atoms with van der Waals surface area (Å²) in [6.07, 6.45) is -0.770. The van der Waals surface area contributed by atoms with Gasteiger partial charge in [0, 0.05) is 32.4 Å². The molecule has 11 heteroatoms. The number of aliphatic hydroxyl groups excluding tert-OH is 1. The molecule has 0 unspecified atom stereocenters. The zero-order valence-electron chi connectivity index (χ0n) is 22.2. The minimum atomic E-state index is -0.994. The molecule has 0 spiro atoms. The molecular weight excluding hydrogens is 508 g/mol. The summed E-state index contributed by atoms with van der Waals surface area (Å²) < 4.78 is 0. The largest absolute Gasteiger partial charge is 0.481 e. The Bertz CT molecular complexity index is 1160. The lowest BCUT2D eigenvalue weighted by Crippen LogP contribution is -2.57. The first-order valence-electron chi connectivity index (χ1n) is 12.6. The normalized spacial score (nSPS) is 18.2. The molecule has 1 aliphatic heterocycles. The van der Waals surface area contributed by atoms with Crippen LogP contribution in [0.25, 0.3) is 10.4 Å². The summed E-state index contributed by atoms with van der Waals surface area (Å²) in [6, 6.07) is 6.00. The number of amides is 3. The van der Waals surface area contributed by atoms with Crippen LogP contribution in [0.3, 0.4) is 0 Å². The Morgan fingerprint density at radius 2 is 1.84 bits per heavy atom. The van der Waals surface area contributed by atoms with Crippen molar-refractivity contribution in [1.82, 2.24) is 20.5 Å². The van der Waals surface area contributed by atoms with Gasteiger partial charge in [0.2, 0.25) is 17.7 Å². The number of aryl methyl sites for hydroxylation is 1. The average molecular weight is 545 g/mol. The van der Waals surface area contributed by atoms with Crippen molar-refractivity contribution in [3.8, 4) is 10.4 Å². The molecule has 1 aromatic heterocycles. The van der Waals surface area contributed by atoms with Gasteiger partial charge < -0.3 is 25.7 Å². The lowest BCUT2D eigenvalue weighted by atomic mass is 9.85. The van der Waals surface area contributed by atoms with E-state index in [1.165, 1.54) is 4.90 Å². The van der Waals surface area contributed by atoms with E-state index in [4.69, 9.17) is 5.11 Å². The zero-order chi connectivity index (χ0) is 28.0. The van der Waals surface area contributed by atoms with Gasteiger partial charge in [0.05, 0.1) is 22.2 Å². The molecule has 10 nitrogen and oxygen atoms in total. The molecular formula is C27H36N4O6S. The topological polar surface area (TPSA) is 149 Å². The number of aliphatic carboxylic acids is 1. The van der Waals surface area contributed by atoms with E-state index in [9.17, 15) is 24.3 Å². The van der Waals surface area contributed by atoms with Gasteiger partial charge in [0.15, 0.2) is 0 Å². The van der Waals surface area contributed by atoms with Crippen molar-refractivity contribution >= 4 is 35.0 Å². The minimum absolute atomic E-state index is 0.0126. The van der Waals surface area contributed by atoms with Crippen LogP contribution in [0, 0.1) is 12.3 Å². The molecule has 2 heterocycles. The minimum Gasteiger partial charge on any atom is -0.481 e. The molecule has 0 radical (unpaired) electrons. The van der Waals surface area contributed by atoms with Gasteiger partial charge in [-0.15, -0.1) is 11.3 Å². The highest BCUT2D eigenvalue weighted by molar-refractivity contribution is 7.13. The van der Waals surface area contributed by atoms with Gasteiger partial charge in [-0.1, -0.05) is 45.0 Å². The van der Waals surface area contributed by atoms with E-state index in [2.05, 4.69) is 15.6 Å². The molecule has 38 heavy (non-hydrogen) atoms. The van der Waals surface area contributed by atoms with E-state index in [0.29, 0.717) is 0 Å². The Morgan fingerprint density at radius 1 is 1.16 bits per heavy atom. The lowest BCUT2D eigenvalue weighted by molar-refractivity contribution is -0.144. The van der Waals surface area contributed by atoms with Crippen LogP contribution in [0.5, 0.6) is 0 Å². The van der Waals surface area contributed by atoms with Crippen LogP contribution in [-0.4, -0.2) is 68.5 Å². The molecule has 1 saturated heterocycles. The quantitative estimate of drug-likeness (QED) is 0.359. The van der Waals surface area contributed by atoms with Crippen LogP contribution >= 0.6 is 11.3 Å². The molecule has 206 valence electrons. The lowest BCUT2D eigenvalue weighted by Gasteiger charge is -2.35. The second kappa shape index (κ2) is 12.5. The Balaban J connectivity index is 1.64. The van der Waals surface area contributed by atoms with Gasteiger partial charge in [-0.25, -0.2) is 4.98 Å². The molecule has 3 amide bonds. The second-order valence-corrected chi connectivity index (χ2v) is 11.5. The number of aromatic nitrogens is 1. The molecule has 0 aliphatic carbocycles. The zero-order valence-corrected chi connectivity index (χ0v) is 23.0. The van der Waals surface area contributed by atoms with Gasteiger partial charge >= 0.3 is 5.97 Å². The van der Waals surface area contributed by atoms with Crippen molar-refractivity contribution in [2.24, 2.45) is 5.41 Å². The maximum atomic E-state index is 13.5. The van der Waals surface area contributed by atoms with Gasteiger partial charge in [0.1, 0.15) is 12.1 Å². The Labute approximate surface area is 226 Å². The van der Waals surface area contributed by atoms with Crippen LogP contribution in [0.1, 0.15) is 57.7 Å². The average Bonchev–Trinajstić information content (AvgIpc) is 3.45. The number of hydrogen-bond donors (Lipinski definition) is 4. The maximum Gasteiger partial charge on any atom is 0.303 e. The fourth-order valence-corrected chi connectivity index (χ4v) is 5.23. The van der Waals surface area contributed by atoms with Crippen LogP contribution < -0.4 is 10.6 Å². The van der Waals surface area contributed by atoms with Gasteiger partial charge in [-0.05, 0) is 29.9 Å². The Kier molecular flexibility index (Phi) is 9.61. The number of nitrogens with zero attached hydrogens (tertiary/aromatic N) is 2. The van der Waals surface area contributed by atoms with Crippen LogP contribution in [0.4, 0.5) is 0 Å². The number of hydrogen-bond acceptors (Lipinski definition) is 7. The summed E-state index contributed by atoms with van der Waals surface area (Å²) in [5.41, 5.74) is 4.03. The third-order valence-corrected chi connectivity index (χ3v) is 7.48. The van der Waals surface area contributed by atoms with Crippen molar-refractivity contribution in [2.45, 2.75) is 78.1 Å². The molecule has 1 aliphatic rings. The number of aliphatic hydroxyl groups is 1. The van der Waals surface area contributed by atoms with Crippen molar-refractivity contribution in [2.75, 3.05) is 6.54 Å². The second-order valence-electron chi connectivity index (χ2n) is 10.7. The standard InChI is InChI=1S/C27H36N4O6S/c1-16-23(38-15-29-16)18-10-8-17(9-11-18)13-28-25(36)20-12-19(32)14-31(20)26(37)24(27(2,3)4)30-21(33)6-5-7-22(34)35/h8-11,15,19-20,24,32H,5-7,12-14H2,1-4H3,(H,28,36)(H,30,33)(H,34,35)/t19-,20-,24+/m0/s1. The summed E-state index contributed by atoms with van der Waals surface area (Å²) in [5, 5.41) is 24.7. The Morgan fingerprint density at radius 3 is 2.42 bits per heavy atom. The number of likely N-dealkylation sites (tertiary alicyclic amines) is 1. The molecule has 2 aromatic rings. The smallest absolute Gasteiger partial charge is 0.303 e. The molecule has 1 aromatic carbocycles. The molecule has 0 bridgehead atoms. The number of rotatable bonds is 10. The predicted molar refractivity (Wildman–Crippen MR) is 143 cm³/mol. The molecule has 3 atom stereocenters. The highest BCUT2D eigenvalue weighted by atomic mass is 32.1. The molecule has 0 saturated carbocycles. The highest BCUT2D eigenvalue weighted by Gasteiger charge is 2.44. The van der Waals surface area contributed by atoms with Gasteiger partial charge in [0.25, 0.3) is 0 Å². The van der Waals surface area contributed by atoms with Crippen molar-refractivity contribution in [1.29, 1.82) is 0 Å². The van der Waals surface area contributed by atoms with Crippen LogP contribution in [0.15, 0.2) is 29.8 Å². The van der Waals surface area contributed by atoms with Crippen LogP contribution in [-0.2, 0) is 25.7 Å². The van der Waals surface area contributed by atoms with E-state index in [1.807, 2.05) is 31.2 Å². The van der Waals surface area contributed by atoms with Crippen molar-refractivity contribution in [3.63, 3.8) is 0 Å². The van der Waals surface area contributed by atoms with Crippen LogP contribution in [0.2, 0.25) is 0 Å². The number of carbonyl (C=O) groups excluding carboxylic acids is 3. The number of thiazole rings is 1. The van der Waals surface area contributed by atoms with Gasteiger partial charge in [-0.3, -0.25) is 19.2 Å². The molecule has 4 N–H and O–H groups in total. The summed E-state index contributed by atoms with van der Waals surface area (Å²) >= 11 is 1.57. The first-order chi connectivity index (χ1) is 17.9. The first kappa shape index (κ1) is 29.2. The highest BCUT2D eigenvalue weighted by Crippen LogP contribution is 2.28. The van der Waals surface area contributed by atoms with E-state index >= 15 is 0 Å². The van der Waals surface area contributed by atoms with E-state index in [1.54, 1.807) is 37.6 Å². The number of β-amino-alcohol motifs (C(OH)–C–C–N with tert-alkyl or cyclic N) is 1. The van der Waals surface area contributed by atoms with Crippen molar-refractivity contribution in [3.05, 3.63) is 41.0 Å².